The van der Waals surface area contributed by atoms with Gasteiger partial charge in [-0.3, -0.25) is 4.79 Å². The van der Waals surface area contributed by atoms with Crippen LogP contribution >= 0.6 is 27.7 Å². The molecule has 1 heterocycles. The highest BCUT2D eigenvalue weighted by molar-refractivity contribution is 9.10. The first kappa shape index (κ1) is 16.7. The zero-order valence-electron chi connectivity index (χ0n) is 12.8. The highest BCUT2D eigenvalue weighted by Crippen LogP contribution is 2.21. The predicted molar refractivity (Wildman–Crippen MR) is 97.4 cm³/mol. The molecule has 0 bridgehead atoms. The van der Waals surface area contributed by atoms with Crippen LogP contribution in [0, 0.1) is 6.92 Å². The third kappa shape index (κ3) is 4.01. The molecule has 0 aliphatic rings. The van der Waals surface area contributed by atoms with Crippen molar-refractivity contribution in [2.24, 2.45) is 0 Å². The van der Waals surface area contributed by atoms with E-state index in [-0.39, 0.29) is 11.7 Å². The Balaban J connectivity index is 1.67. The zero-order chi connectivity index (χ0) is 16.9. The summed E-state index contributed by atoms with van der Waals surface area (Å²) >= 11 is 4.67. The molecular formula is C16H14BrN5OS. The molecule has 0 saturated carbocycles. The number of tetrazole rings is 1. The number of halogens is 1. The number of nitrogens with one attached hydrogen (secondary N) is 1. The summed E-state index contributed by atoms with van der Waals surface area (Å²) < 4.78 is 2.56. The van der Waals surface area contributed by atoms with Gasteiger partial charge in [-0.2, -0.15) is 4.68 Å². The van der Waals surface area contributed by atoms with Gasteiger partial charge in [0.2, 0.25) is 11.1 Å². The van der Waals surface area contributed by atoms with Gasteiger partial charge >= 0.3 is 0 Å². The predicted octanol–water partition coefficient (Wildman–Crippen LogP) is 3.46. The van der Waals surface area contributed by atoms with Crippen molar-refractivity contribution in [2.75, 3.05) is 11.1 Å². The Bertz CT molecular complexity index is 867. The average molecular weight is 404 g/mol. The first-order valence-electron chi connectivity index (χ1n) is 7.16. The van der Waals surface area contributed by atoms with Crippen molar-refractivity contribution in [1.29, 1.82) is 0 Å². The van der Waals surface area contributed by atoms with E-state index in [2.05, 4.69) is 36.8 Å². The SMILES string of the molecule is Cc1ccccc1-n1nnnc1SCC(=O)Nc1cccc(Br)c1. The minimum atomic E-state index is -0.113. The van der Waals surface area contributed by atoms with E-state index in [4.69, 9.17) is 0 Å². The van der Waals surface area contributed by atoms with Crippen molar-refractivity contribution in [1.82, 2.24) is 20.2 Å². The van der Waals surface area contributed by atoms with E-state index in [9.17, 15) is 4.79 Å². The van der Waals surface area contributed by atoms with Crippen molar-refractivity contribution in [2.45, 2.75) is 12.1 Å². The lowest BCUT2D eigenvalue weighted by molar-refractivity contribution is -0.113. The number of para-hydroxylation sites is 1. The van der Waals surface area contributed by atoms with Crippen molar-refractivity contribution >= 4 is 39.3 Å². The second kappa shape index (κ2) is 7.59. The van der Waals surface area contributed by atoms with Crippen LogP contribution < -0.4 is 5.32 Å². The number of anilines is 1. The lowest BCUT2D eigenvalue weighted by Crippen LogP contribution is -2.14. The van der Waals surface area contributed by atoms with Gasteiger partial charge < -0.3 is 5.32 Å². The Kier molecular flexibility index (Phi) is 5.27. The smallest absolute Gasteiger partial charge is 0.234 e. The standard InChI is InChI=1S/C16H14BrN5OS/c1-11-5-2-3-8-14(11)22-16(19-20-21-22)24-10-15(23)18-13-7-4-6-12(17)9-13/h2-9H,10H2,1H3,(H,18,23). The number of rotatable bonds is 5. The van der Waals surface area contributed by atoms with Gasteiger partial charge in [-0.25, -0.2) is 0 Å². The van der Waals surface area contributed by atoms with Crippen LogP contribution in [0.15, 0.2) is 58.2 Å². The van der Waals surface area contributed by atoms with Crippen molar-refractivity contribution < 1.29 is 4.79 Å². The lowest BCUT2D eigenvalue weighted by Gasteiger charge is -2.07. The van der Waals surface area contributed by atoms with E-state index in [1.54, 1.807) is 4.68 Å². The quantitative estimate of drug-likeness (QED) is 0.660. The molecule has 0 fully saturated rings. The summed E-state index contributed by atoms with van der Waals surface area (Å²) in [4.78, 5) is 12.1. The number of hydrogen-bond donors (Lipinski definition) is 1. The number of hydrogen-bond acceptors (Lipinski definition) is 5. The minimum Gasteiger partial charge on any atom is -0.325 e. The second-order valence-corrected chi connectivity index (χ2v) is 6.87. The molecule has 122 valence electrons. The third-order valence-electron chi connectivity index (χ3n) is 3.23. The normalized spacial score (nSPS) is 10.6. The molecule has 1 N–H and O–H groups in total. The van der Waals surface area contributed by atoms with Gasteiger partial charge in [-0.05, 0) is 47.2 Å². The summed E-state index contributed by atoms with van der Waals surface area (Å²) in [5.41, 5.74) is 2.70. The van der Waals surface area contributed by atoms with Gasteiger partial charge in [0, 0.05) is 10.2 Å². The van der Waals surface area contributed by atoms with E-state index >= 15 is 0 Å². The van der Waals surface area contributed by atoms with Gasteiger partial charge in [0.1, 0.15) is 0 Å². The molecule has 0 spiro atoms. The molecule has 6 nitrogen and oxygen atoms in total. The van der Waals surface area contributed by atoms with Gasteiger partial charge in [0.15, 0.2) is 0 Å². The van der Waals surface area contributed by atoms with Crippen molar-refractivity contribution in [3.8, 4) is 5.69 Å². The second-order valence-electron chi connectivity index (χ2n) is 5.01. The van der Waals surface area contributed by atoms with Crippen LogP contribution in [0.25, 0.3) is 5.69 Å². The van der Waals surface area contributed by atoms with Gasteiger partial charge in [-0.1, -0.05) is 52.0 Å². The molecule has 3 aromatic rings. The third-order valence-corrected chi connectivity index (χ3v) is 4.64. The van der Waals surface area contributed by atoms with Crippen molar-refractivity contribution in [3.63, 3.8) is 0 Å². The summed E-state index contributed by atoms with van der Waals surface area (Å²) in [6, 6.07) is 15.3. The molecule has 0 unspecified atom stereocenters. The number of aromatic nitrogens is 4. The first-order valence-corrected chi connectivity index (χ1v) is 8.94. The molecule has 0 radical (unpaired) electrons. The molecule has 24 heavy (non-hydrogen) atoms. The topological polar surface area (TPSA) is 72.7 Å². The number of amides is 1. The van der Waals surface area contributed by atoms with Crippen LogP contribution in [-0.4, -0.2) is 31.9 Å². The molecule has 1 amide bonds. The fourth-order valence-electron chi connectivity index (χ4n) is 2.11. The molecule has 0 aliphatic carbocycles. The summed E-state index contributed by atoms with van der Waals surface area (Å²) in [6.45, 7) is 1.99. The molecular weight excluding hydrogens is 390 g/mol. The number of nitrogens with zero attached hydrogens (tertiary/aromatic N) is 4. The molecule has 8 heteroatoms. The Morgan fingerprint density at radius 1 is 1.25 bits per heavy atom. The van der Waals surface area contributed by atoms with Crippen LogP contribution in [-0.2, 0) is 4.79 Å². The summed E-state index contributed by atoms with van der Waals surface area (Å²) in [5.74, 6) is 0.108. The Morgan fingerprint density at radius 3 is 2.88 bits per heavy atom. The summed E-state index contributed by atoms with van der Waals surface area (Å²) in [7, 11) is 0. The number of carbonyl (C=O) groups is 1. The summed E-state index contributed by atoms with van der Waals surface area (Å²) in [5, 5.41) is 15.2. The van der Waals surface area contributed by atoms with Gasteiger partial charge in [-0.15, -0.1) is 5.10 Å². The lowest BCUT2D eigenvalue weighted by atomic mass is 10.2. The van der Waals surface area contributed by atoms with Gasteiger partial charge in [0.25, 0.3) is 0 Å². The zero-order valence-corrected chi connectivity index (χ0v) is 15.2. The van der Waals surface area contributed by atoms with E-state index in [1.807, 2.05) is 55.5 Å². The highest BCUT2D eigenvalue weighted by Gasteiger charge is 2.13. The van der Waals surface area contributed by atoms with Crippen LogP contribution in [0.4, 0.5) is 5.69 Å². The largest absolute Gasteiger partial charge is 0.325 e. The van der Waals surface area contributed by atoms with Crippen LogP contribution in [0.5, 0.6) is 0 Å². The fourth-order valence-corrected chi connectivity index (χ4v) is 3.20. The van der Waals surface area contributed by atoms with Crippen LogP contribution in [0.2, 0.25) is 0 Å². The monoisotopic (exact) mass is 403 g/mol. The number of aryl methyl sites for hydroxylation is 1. The molecule has 3 rings (SSSR count). The van der Waals surface area contributed by atoms with Crippen LogP contribution in [0.3, 0.4) is 0 Å². The maximum Gasteiger partial charge on any atom is 0.234 e. The Labute approximate surface area is 151 Å². The molecule has 0 atom stereocenters. The van der Waals surface area contributed by atoms with Gasteiger partial charge in [0.05, 0.1) is 11.4 Å². The molecule has 0 aliphatic heterocycles. The van der Waals surface area contributed by atoms with E-state index in [0.717, 1.165) is 21.4 Å². The maximum absolute atomic E-state index is 12.1. The Morgan fingerprint density at radius 2 is 2.08 bits per heavy atom. The number of thioether (sulfide) groups is 1. The first-order chi connectivity index (χ1) is 11.6. The van der Waals surface area contributed by atoms with E-state index in [1.165, 1.54) is 11.8 Å². The molecule has 2 aromatic carbocycles. The summed E-state index contributed by atoms with van der Waals surface area (Å²) in [6.07, 6.45) is 0. The van der Waals surface area contributed by atoms with E-state index in [0.29, 0.717) is 5.16 Å². The molecule has 0 saturated heterocycles. The Hall–Kier alpha value is -2.19. The number of carbonyl (C=O) groups excluding carboxylic acids is 1. The molecule has 1 aromatic heterocycles. The minimum absolute atomic E-state index is 0.113. The average Bonchev–Trinajstić information content (AvgIpc) is 3.02. The fraction of sp³-hybridized carbons (Fsp3) is 0.125. The van der Waals surface area contributed by atoms with E-state index < -0.39 is 0 Å². The van der Waals surface area contributed by atoms with Crippen molar-refractivity contribution in [3.05, 3.63) is 58.6 Å². The maximum atomic E-state index is 12.1. The number of benzene rings is 2. The highest BCUT2D eigenvalue weighted by atomic mass is 79.9. The van der Waals surface area contributed by atoms with Crippen LogP contribution in [0.1, 0.15) is 5.56 Å².